The molecule has 0 aromatic heterocycles. The van der Waals surface area contributed by atoms with Gasteiger partial charge in [0.25, 0.3) is 0 Å². The van der Waals surface area contributed by atoms with Crippen LogP contribution in [0.15, 0.2) is 30.3 Å². The molecule has 0 aliphatic carbocycles. The van der Waals surface area contributed by atoms with Crippen molar-refractivity contribution in [1.82, 2.24) is 21.5 Å². The average molecular weight is 341 g/mol. The molecule has 1 aliphatic rings. The van der Waals surface area contributed by atoms with Crippen molar-refractivity contribution >= 4 is 21.8 Å². The number of carbonyl (C=O) groups excluding carboxylic acids is 1. The molecule has 2 rings (SSSR count). The number of benzene rings is 1. The summed E-state index contributed by atoms with van der Waals surface area (Å²) in [6, 6.07) is 9.90. The second kappa shape index (κ2) is 7.73. The van der Waals surface area contributed by atoms with Gasteiger partial charge in [-0.05, 0) is 12.1 Å². The van der Waals surface area contributed by atoms with Gasteiger partial charge < -0.3 is 10.6 Å². The largest absolute Gasteiger partial charge is 0.353 e. The van der Waals surface area contributed by atoms with Crippen LogP contribution in [0.4, 0.5) is 0 Å². The predicted octanol–water partition coefficient (Wildman–Crippen LogP) is 0.693. The lowest BCUT2D eigenvalue weighted by Crippen LogP contribution is -2.47. The SMILES string of the molecule is CCNCCNC(=O)C1NNC(c2ccccc2)C1Br. The van der Waals surface area contributed by atoms with Crippen molar-refractivity contribution < 1.29 is 4.79 Å². The molecule has 1 amide bonds. The maximum atomic E-state index is 12.1. The molecule has 1 heterocycles. The molecule has 1 fully saturated rings. The fraction of sp³-hybridized carbons (Fsp3) is 0.500. The molecule has 1 aromatic carbocycles. The van der Waals surface area contributed by atoms with E-state index in [0.717, 1.165) is 18.7 Å². The number of hydrogen-bond donors (Lipinski definition) is 4. The number of carbonyl (C=O) groups is 1. The van der Waals surface area contributed by atoms with E-state index in [9.17, 15) is 4.79 Å². The van der Waals surface area contributed by atoms with E-state index < -0.39 is 0 Å². The van der Waals surface area contributed by atoms with Crippen LogP contribution in [0.2, 0.25) is 0 Å². The van der Waals surface area contributed by atoms with Gasteiger partial charge in [0.05, 0.1) is 10.9 Å². The molecule has 1 saturated heterocycles. The van der Waals surface area contributed by atoms with Crippen molar-refractivity contribution in [3.8, 4) is 0 Å². The molecule has 0 spiro atoms. The van der Waals surface area contributed by atoms with E-state index in [4.69, 9.17) is 0 Å². The summed E-state index contributed by atoms with van der Waals surface area (Å²) in [6.07, 6.45) is 0. The fourth-order valence-corrected chi connectivity index (χ4v) is 3.04. The van der Waals surface area contributed by atoms with Crippen LogP contribution in [0.5, 0.6) is 0 Å². The summed E-state index contributed by atoms with van der Waals surface area (Å²) in [5.41, 5.74) is 7.41. The number of rotatable bonds is 6. The summed E-state index contributed by atoms with van der Waals surface area (Å²) in [4.78, 5) is 12.1. The van der Waals surface area contributed by atoms with Gasteiger partial charge in [0.15, 0.2) is 0 Å². The molecule has 4 N–H and O–H groups in total. The first-order valence-corrected chi connectivity index (χ1v) is 7.84. The normalized spacial score (nSPS) is 25.6. The number of hydrazine groups is 1. The molecule has 1 aromatic rings. The molecule has 0 saturated carbocycles. The topological polar surface area (TPSA) is 65.2 Å². The third-order valence-corrected chi connectivity index (χ3v) is 4.38. The van der Waals surface area contributed by atoms with E-state index in [2.05, 4.69) is 49.5 Å². The first-order valence-electron chi connectivity index (χ1n) is 6.92. The van der Waals surface area contributed by atoms with Gasteiger partial charge in [0.2, 0.25) is 5.91 Å². The molecule has 110 valence electrons. The Bertz CT molecular complexity index is 428. The number of alkyl halides is 1. The van der Waals surface area contributed by atoms with Crippen molar-refractivity contribution in [2.45, 2.75) is 23.8 Å². The summed E-state index contributed by atoms with van der Waals surface area (Å²) in [5, 5.41) is 6.11. The zero-order chi connectivity index (χ0) is 14.4. The van der Waals surface area contributed by atoms with Crippen molar-refractivity contribution in [3.05, 3.63) is 35.9 Å². The van der Waals surface area contributed by atoms with Gasteiger partial charge in [-0.1, -0.05) is 53.2 Å². The Morgan fingerprint density at radius 1 is 1.25 bits per heavy atom. The molecule has 5 nitrogen and oxygen atoms in total. The van der Waals surface area contributed by atoms with Gasteiger partial charge in [-0.2, -0.15) is 0 Å². The van der Waals surface area contributed by atoms with Gasteiger partial charge in [0, 0.05) is 13.1 Å². The molecule has 0 radical (unpaired) electrons. The number of halogens is 1. The minimum Gasteiger partial charge on any atom is -0.353 e. The van der Waals surface area contributed by atoms with E-state index in [0.29, 0.717) is 6.54 Å². The Balaban J connectivity index is 1.87. The van der Waals surface area contributed by atoms with Crippen LogP contribution in [-0.4, -0.2) is 36.4 Å². The monoisotopic (exact) mass is 340 g/mol. The highest BCUT2D eigenvalue weighted by Crippen LogP contribution is 2.28. The minimum atomic E-state index is -0.276. The number of likely N-dealkylation sites (N-methyl/N-ethyl adjacent to an activating group) is 1. The standard InChI is InChI=1S/C14H21BrN4O/c1-2-16-8-9-17-14(20)13-11(15)12(18-19-13)10-6-4-3-5-7-10/h3-7,11-13,16,18-19H,2,8-9H2,1H3,(H,17,20). The molecule has 6 heteroatoms. The highest BCUT2D eigenvalue weighted by molar-refractivity contribution is 9.09. The summed E-state index contributed by atoms with van der Waals surface area (Å²) in [6.45, 7) is 4.39. The lowest BCUT2D eigenvalue weighted by molar-refractivity contribution is -0.122. The first-order chi connectivity index (χ1) is 9.74. The zero-order valence-corrected chi connectivity index (χ0v) is 13.1. The molecular weight excluding hydrogens is 320 g/mol. The van der Waals surface area contributed by atoms with E-state index in [-0.39, 0.29) is 22.8 Å². The van der Waals surface area contributed by atoms with E-state index in [1.807, 2.05) is 25.1 Å². The maximum Gasteiger partial charge on any atom is 0.239 e. The molecule has 3 unspecified atom stereocenters. The lowest BCUT2D eigenvalue weighted by Gasteiger charge is -2.17. The number of hydrogen-bond acceptors (Lipinski definition) is 4. The van der Waals surface area contributed by atoms with Crippen LogP contribution in [0.3, 0.4) is 0 Å². The third-order valence-electron chi connectivity index (χ3n) is 3.32. The van der Waals surface area contributed by atoms with Crippen LogP contribution in [0.1, 0.15) is 18.5 Å². The Morgan fingerprint density at radius 3 is 2.70 bits per heavy atom. The third kappa shape index (κ3) is 3.79. The first kappa shape index (κ1) is 15.4. The molecule has 20 heavy (non-hydrogen) atoms. The molecule has 1 aliphatic heterocycles. The van der Waals surface area contributed by atoms with Crippen molar-refractivity contribution in [2.24, 2.45) is 0 Å². The smallest absolute Gasteiger partial charge is 0.239 e. The van der Waals surface area contributed by atoms with Crippen molar-refractivity contribution in [3.63, 3.8) is 0 Å². The average Bonchev–Trinajstić information content (AvgIpc) is 2.86. The summed E-state index contributed by atoms with van der Waals surface area (Å²) >= 11 is 3.63. The second-order valence-corrected chi connectivity index (χ2v) is 5.80. The maximum absolute atomic E-state index is 12.1. The Kier molecular flexibility index (Phi) is 5.97. The Morgan fingerprint density at radius 2 is 2.00 bits per heavy atom. The van der Waals surface area contributed by atoms with Crippen LogP contribution >= 0.6 is 15.9 Å². The highest BCUT2D eigenvalue weighted by Gasteiger charge is 2.38. The van der Waals surface area contributed by atoms with Gasteiger partial charge in [-0.3, -0.25) is 4.79 Å². The zero-order valence-electron chi connectivity index (χ0n) is 11.5. The highest BCUT2D eigenvalue weighted by atomic mass is 79.9. The van der Waals surface area contributed by atoms with E-state index >= 15 is 0 Å². The number of nitrogens with one attached hydrogen (secondary N) is 4. The van der Waals surface area contributed by atoms with Crippen LogP contribution in [0.25, 0.3) is 0 Å². The van der Waals surface area contributed by atoms with Gasteiger partial charge in [-0.15, -0.1) is 0 Å². The van der Waals surface area contributed by atoms with Gasteiger partial charge in [-0.25, -0.2) is 10.9 Å². The van der Waals surface area contributed by atoms with Crippen LogP contribution in [0, 0.1) is 0 Å². The summed E-state index contributed by atoms with van der Waals surface area (Å²) < 4.78 is 0. The fourth-order valence-electron chi connectivity index (χ4n) is 2.23. The molecule has 0 bridgehead atoms. The van der Waals surface area contributed by atoms with Gasteiger partial charge in [0.1, 0.15) is 6.04 Å². The molecular formula is C14H21BrN4O. The van der Waals surface area contributed by atoms with Crippen LogP contribution < -0.4 is 21.5 Å². The predicted molar refractivity (Wildman–Crippen MR) is 83.5 cm³/mol. The summed E-state index contributed by atoms with van der Waals surface area (Å²) in [7, 11) is 0. The quantitative estimate of drug-likeness (QED) is 0.454. The Labute approximate surface area is 128 Å². The minimum absolute atomic E-state index is 0.00992. The van der Waals surface area contributed by atoms with E-state index in [1.165, 1.54) is 0 Å². The lowest BCUT2D eigenvalue weighted by atomic mass is 10.0. The van der Waals surface area contributed by atoms with Crippen LogP contribution in [-0.2, 0) is 4.79 Å². The van der Waals surface area contributed by atoms with Crippen molar-refractivity contribution in [1.29, 1.82) is 0 Å². The van der Waals surface area contributed by atoms with E-state index in [1.54, 1.807) is 0 Å². The Hall–Kier alpha value is -0.950. The second-order valence-electron chi connectivity index (χ2n) is 4.74. The summed E-state index contributed by atoms with van der Waals surface area (Å²) in [5.74, 6) is 0.00992. The number of amides is 1. The van der Waals surface area contributed by atoms with Crippen molar-refractivity contribution in [2.75, 3.05) is 19.6 Å². The molecule has 3 atom stereocenters. The van der Waals surface area contributed by atoms with Gasteiger partial charge >= 0.3 is 0 Å².